The average molecular weight is 210 g/mol. The summed E-state index contributed by atoms with van der Waals surface area (Å²) < 4.78 is 0. The van der Waals surface area contributed by atoms with Crippen molar-refractivity contribution in [2.75, 3.05) is 0 Å². The lowest BCUT2D eigenvalue weighted by Crippen LogP contribution is -2.09. The highest BCUT2D eigenvalue weighted by Gasteiger charge is 2.21. The van der Waals surface area contributed by atoms with Crippen LogP contribution in [-0.2, 0) is 0 Å². The molecule has 90 valence electrons. The molecule has 0 bridgehead atoms. The molecule has 0 amide bonds. The van der Waals surface area contributed by atoms with Gasteiger partial charge >= 0.3 is 0 Å². The van der Waals surface area contributed by atoms with Gasteiger partial charge in [0.2, 0.25) is 0 Å². The molecule has 1 aliphatic rings. The van der Waals surface area contributed by atoms with E-state index in [0.29, 0.717) is 0 Å². The zero-order valence-corrected chi connectivity index (χ0v) is 11.3. The van der Waals surface area contributed by atoms with Crippen LogP contribution in [0.2, 0.25) is 0 Å². The van der Waals surface area contributed by atoms with E-state index in [9.17, 15) is 0 Å². The maximum atomic E-state index is 2.45. The molecule has 0 heterocycles. The molecule has 2 unspecified atom stereocenters. The van der Waals surface area contributed by atoms with Gasteiger partial charge in [-0.3, -0.25) is 0 Å². The molecule has 0 aromatic rings. The molecule has 0 saturated heterocycles. The fourth-order valence-corrected chi connectivity index (χ4v) is 2.58. The van der Waals surface area contributed by atoms with Crippen molar-refractivity contribution in [2.24, 2.45) is 23.7 Å². The van der Waals surface area contributed by atoms with E-state index in [1.54, 1.807) is 0 Å². The molecule has 0 aliphatic heterocycles. The summed E-state index contributed by atoms with van der Waals surface area (Å²) in [6.07, 6.45) is 10.3. The lowest BCUT2D eigenvalue weighted by molar-refractivity contribution is 0.309. The fourth-order valence-electron chi connectivity index (χ4n) is 2.58. The van der Waals surface area contributed by atoms with Gasteiger partial charge in [0.05, 0.1) is 0 Å². The number of hydrogen-bond donors (Lipinski definition) is 0. The van der Waals surface area contributed by atoms with Crippen LogP contribution < -0.4 is 0 Å². The van der Waals surface area contributed by atoms with Gasteiger partial charge in [0.25, 0.3) is 0 Å². The van der Waals surface area contributed by atoms with Crippen LogP contribution in [0.15, 0.2) is 0 Å². The van der Waals surface area contributed by atoms with Crippen LogP contribution in [0.3, 0.4) is 0 Å². The van der Waals surface area contributed by atoms with Crippen molar-refractivity contribution < 1.29 is 0 Å². The summed E-state index contributed by atoms with van der Waals surface area (Å²) in [6.45, 7) is 9.56. The first-order valence-electron chi connectivity index (χ1n) is 7.13. The molecule has 0 aromatic heterocycles. The molecule has 2 atom stereocenters. The summed E-state index contributed by atoms with van der Waals surface area (Å²) >= 11 is 0. The predicted molar refractivity (Wildman–Crippen MR) is 69.0 cm³/mol. The molecular formula is C15H30. The second kappa shape index (κ2) is 6.55. The first kappa shape index (κ1) is 13.1. The van der Waals surface area contributed by atoms with Crippen LogP contribution in [0.4, 0.5) is 0 Å². The summed E-state index contributed by atoms with van der Waals surface area (Å²) in [7, 11) is 0. The first-order chi connectivity index (χ1) is 7.13. The predicted octanol–water partition coefficient (Wildman–Crippen LogP) is 5.28. The molecule has 1 fully saturated rings. The molecule has 0 heteroatoms. The Hall–Kier alpha value is 0. The van der Waals surface area contributed by atoms with Crippen molar-refractivity contribution in [1.29, 1.82) is 0 Å². The highest BCUT2D eigenvalue weighted by Crippen LogP contribution is 2.35. The van der Waals surface area contributed by atoms with Gasteiger partial charge in [0.15, 0.2) is 0 Å². The van der Waals surface area contributed by atoms with Crippen LogP contribution in [0.25, 0.3) is 0 Å². The molecule has 0 spiro atoms. The van der Waals surface area contributed by atoms with Gasteiger partial charge in [0.1, 0.15) is 0 Å². The summed E-state index contributed by atoms with van der Waals surface area (Å²) in [5.41, 5.74) is 0. The molecule has 15 heavy (non-hydrogen) atoms. The third-order valence-corrected chi connectivity index (χ3v) is 4.26. The van der Waals surface area contributed by atoms with Crippen molar-refractivity contribution in [3.8, 4) is 0 Å². The summed E-state index contributed by atoms with van der Waals surface area (Å²) in [4.78, 5) is 0. The summed E-state index contributed by atoms with van der Waals surface area (Å²) in [6, 6.07) is 0. The van der Waals surface area contributed by atoms with Gasteiger partial charge in [-0.1, -0.05) is 66.2 Å². The number of hydrogen-bond acceptors (Lipinski definition) is 0. The van der Waals surface area contributed by atoms with Crippen molar-refractivity contribution in [3.63, 3.8) is 0 Å². The third-order valence-electron chi connectivity index (χ3n) is 4.26. The highest BCUT2D eigenvalue weighted by atomic mass is 14.3. The smallest absolute Gasteiger partial charge is 0.0394 e. The normalized spacial score (nSPS) is 20.6. The monoisotopic (exact) mass is 210 g/mol. The maximum absolute atomic E-state index is 2.45. The Bertz CT molecular complexity index is 155. The van der Waals surface area contributed by atoms with Gasteiger partial charge in [0, 0.05) is 0 Å². The second-order valence-corrected chi connectivity index (χ2v) is 6.12. The minimum absolute atomic E-state index is 0.880. The van der Waals surface area contributed by atoms with Crippen molar-refractivity contribution in [3.05, 3.63) is 0 Å². The Morgan fingerprint density at radius 2 is 1.67 bits per heavy atom. The Morgan fingerprint density at radius 1 is 1.00 bits per heavy atom. The molecule has 1 aliphatic carbocycles. The fraction of sp³-hybridized carbons (Fsp3) is 1.00. The minimum Gasteiger partial charge on any atom is -0.0651 e. The highest BCUT2D eigenvalue weighted by molar-refractivity contribution is 4.74. The average Bonchev–Trinajstić information content (AvgIpc) is 2.98. The van der Waals surface area contributed by atoms with Crippen LogP contribution in [0.5, 0.6) is 0 Å². The molecule has 1 rings (SSSR count). The van der Waals surface area contributed by atoms with Crippen LogP contribution in [0, 0.1) is 23.7 Å². The van der Waals surface area contributed by atoms with Crippen molar-refractivity contribution >= 4 is 0 Å². The van der Waals surface area contributed by atoms with Gasteiger partial charge in [-0.15, -0.1) is 0 Å². The standard InChI is InChI=1S/C15H30/c1-5-15(12(2)3)11-7-13(4)6-8-14-9-10-14/h12-15H,5-11H2,1-4H3. The zero-order valence-electron chi connectivity index (χ0n) is 11.3. The Kier molecular flexibility index (Phi) is 5.71. The zero-order chi connectivity index (χ0) is 11.3. The van der Waals surface area contributed by atoms with Gasteiger partial charge in [-0.05, 0) is 30.1 Å². The Balaban J connectivity index is 2.05. The second-order valence-electron chi connectivity index (χ2n) is 6.12. The lowest BCUT2D eigenvalue weighted by Gasteiger charge is -2.21. The van der Waals surface area contributed by atoms with Crippen molar-refractivity contribution in [2.45, 2.75) is 72.6 Å². The molecule has 1 saturated carbocycles. The Morgan fingerprint density at radius 3 is 2.13 bits per heavy atom. The largest absolute Gasteiger partial charge is 0.0651 e. The lowest BCUT2D eigenvalue weighted by atomic mass is 9.85. The van der Waals surface area contributed by atoms with E-state index in [4.69, 9.17) is 0 Å². The molecule has 0 N–H and O–H groups in total. The molecular weight excluding hydrogens is 180 g/mol. The SMILES string of the molecule is CCC(CCC(C)CCC1CC1)C(C)C. The van der Waals surface area contributed by atoms with Crippen molar-refractivity contribution in [1.82, 2.24) is 0 Å². The van der Waals surface area contributed by atoms with E-state index in [2.05, 4.69) is 27.7 Å². The minimum atomic E-state index is 0.880. The molecule has 0 radical (unpaired) electrons. The van der Waals surface area contributed by atoms with E-state index < -0.39 is 0 Å². The number of rotatable bonds is 8. The van der Waals surface area contributed by atoms with Gasteiger partial charge < -0.3 is 0 Å². The molecule has 0 nitrogen and oxygen atoms in total. The van der Waals surface area contributed by atoms with Gasteiger partial charge in [-0.25, -0.2) is 0 Å². The van der Waals surface area contributed by atoms with Crippen LogP contribution in [0.1, 0.15) is 72.6 Å². The van der Waals surface area contributed by atoms with Crippen LogP contribution in [-0.4, -0.2) is 0 Å². The van der Waals surface area contributed by atoms with E-state index in [-0.39, 0.29) is 0 Å². The van der Waals surface area contributed by atoms with Crippen LogP contribution >= 0.6 is 0 Å². The topological polar surface area (TPSA) is 0 Å². The Labute approximate surface area is 96.8 Å². The van der Waals surface area contributed by atoms with E-state index in [1.165, 1.54) is 44.9 Å². The summed E-state index contributed by atoms with van der Waals surface area (Å²) in [5, 5.41) is 0. The third kappa shape index (κ3) is 5.58. The maximum Gasteiger partial charge on any atom is -0.0394 e. The first-order valence-corrected chi connectivity index (χ1v) is 7.13. The van der Waals surface area contributed by atoms with E-state index >= 15 is 0 Å². The van der Waals surface area contributed by atoms with Gasteiger partial charge in [-0.2, -0.15) is 0 Å². The summed E-state index contributed by atoms with van der Waals surface area (Å²) in [5.74, 6) is 3.94. The molecule has 0 aromatic carbocycles. The van der Waals surface area contributed by atoms with E-state index in [0.717, 1.165) is 23.7 Å². The van der Waals surface area contributed by atoms with E-state index in [1.807, 2.05) is 0 Å². The quantitative estimate of drug-likeness (QED) is 0.511.